The summed E-state index contributed by atoms with van der Waals surface area (Å²) in [6.07, 6.45) is 35.1. The number of aliphatic hydroxyl groups is 4. The molecule has 6 atom stereocenters. The lowest BCUT2D eigenvalue weighted by Gasteiger charge is -2.39. The Morgan fingerprint density at radius 1 is 0.582 bits per heavy atom. The molecule has 0 aromatic rings. The van der Waals surface area contributed by atoms with E-state index in [9.17, 15) is 30.0 Å². The zero-order valence-electron chi connectivity index (χ0n) is 34.2. The summed E-state index contributed by atoms with van der Waals surface area (Å²) in [4.78, 5) is 25.3. The Balaban J connectivity index is 2.37. The average Bonchev–Trinajstić information content (AvgIpc) is 3.18. The molecule has 1 heterocycles. The number of hydrogen-bond donors (Lipinski definition) is 4. The lowest BCUT2D eigenvalue weighted by molar-refractivity contribution is -0.305. The quantitative estimate of drug-likeness (QED) is 0.0284. The van der Waals surface area contributed by atoms with E-state index in [0.29, 0.717) is 12.8 Å². The Bertz CT molecular complexity index is 1080. The highest BCUT2D eigenvalue weighted by atomic mass is 16.7. The van der Waals surface area contributed by atoms with Crippen molar-refractivity contribution < 1.29 is 49.0 Å². The van der Waals surface area contributed by atoms with E-state index in [0.717, 1.165) is 89.9 Å². The fraction of sp³-hybridized carbons (Fsp3) is 0.733. The van der Waals surface area contributed by atoms with Crippen molar-refractivity contribution in [1.29, 1.82) is 0 Å². The van der Waals surface area contributed by atoms with E-state index in [1.54, 1.807) is 0 Å². The zero-order valence-corrected chi connectivity index (χ0v) is 34.2. The molecule has 55 heavy (non-hydrogen) atoms. The maximum Gasteiger partial charge on any atom is 0.306 e. The standard InChI is InChI=1S/C45H76O10/c1-3-5-7-9-11-13-15-17-18-19-20-22-24-26-28-30-32-34-41(48)54-38(37-53-45-44(51)43(50)42(49)39(35-46)55-45)36-52-40(47)33-31-29-27-25-23-21-16-14-12-10-8-6-4-2/h5,7-8,10-11,13-14,16-18,38-39,42-46,49-51H,3-4,6,9,12,15,19-37H2,1-2H3/b7-5-,10-8-,13-11-,16-14-,18-17-. The van der Waals surface area contributed by atoms with Crippen LogP contribution in [0.2, 0.25) is 0 Å². The largest absolute Gasteiger partial charge is 0.462 e. The van der Waals surface area contributed by atoms with Crippen molar-refractivity contribution in [2.75, 3.05) is 19.8 Å². The molecule has 6 unspecified atom stereocenters. The van der Waals surface area contributed by atoms with Gasteiger partial charge in [-0.1, -0.05) is 132 Å². The summed E-state index contributed by atoms with van der Waals surface area (Å²) < 4.78 is 22.1. The van der Waals surface area contributed by atoms with Crippen molar-refractivity contribution in [3.8, 4) is 0 Å². The van der Waals surface area contributed by atoms with Crippen LogP contribution >= 0.6 is 0 Å². The van der Waals surface area contributed by atoms with Gasteiger partial charge in [0.25, 0.3) is 0 Å². The molecular formula is C45H76O10. The molecule has 0 aliphatic carbocycles. The van der Waals surface area contributed by atoms with Crippen LogP contribution in [0.25, 0.3) is 0 Å². The van der Waals surface area contributed by atoms with E-state index in [4.69, 9.17) is 18.9 Å². The van der Waals surface area contributed by atoms with Crippen molar-refractivity contribution >= 4 is 11.9 Å². The van der Waals surface area contributed by atoms with Crippen LogP contribution < -0.4 is 0 Å². The lowest BCUT2D eigenvalue weighted by Crippen LogP contribution is -2.59. The van der Waals surface area contributed by atoms with Crippen molar-refractivity contribution in [3.05, 3.63) is 60.8 Å². The van der Waals surface area contributed by atoms with E-state index in [2.05, 4.69) is 74.6 Å². The smallest absolute Gasteiger partial charge is 0.306 e. The molecule has 10 heteroatoms. The van der Waals surface area contributed by atoms with Gasteiger partial charge in [-0.15, -0.1) is 0 Å². The molecule has 0 aromatic carbocycles. The van der Waals surface area contributed by atoms with Crippen molar-refractivity contribution in [2.45, 2.75) is 192 Å². The van der Waals surface area contributed by atoms with E-state index >= 15 is 0 Å². The van der Waals surface area contributed by atoms with Gasteiger partial charge in [0.2, 0.25) is 0 Å². The number of carbonyl (C=O) groups is 2. The van der Waals surface area contributed by atoms with Gasteiger partial charge in [-0.3, -0.25) is 9.59 Å². The van der Waals surface area contributed by atoms with Crippen LogP contribution in [-0.4, -0.2) is 89.0 Å². The fourth-order valence-corrected chi connectivity index (χ4v) is 6.00. The second-order valence-electron chi connectivity index (χ2n) is 14.4. The van der Waals surface area contributed by atoms with Crippen molar-refractivity contribution in [2.24, 2.45) is 0 Å². The predicted octanol–water partition coefficient (Wildman–Crippen LogP) is 8.66. The molecule has 0 bridgehead atoms. The molecule has 1 aliphatic heterocycles. The third-order valence-corrected chi connectivity index (χ3v) is 9.37. The monoisotopic (exact) mass is 777 g/mol. The fourth-order valence-electron chi connectivity index (χ4n) is 6.00. The average molecular weight is 777 g/mol. The first-order chi connectivity index (χ1) is 26.8. The Labute approximate surface area is 332 Å². The van der Waals surface area contributed by atoms with E-state index < -0.39 is 55.4 Å². The molecule has 1 saturated heterocycles. The molecule has 1 fully saturated rings. The maximum atomic E-state index is 12.8. The van der Waals surface area contributed by atoms with Gasteiger partial charge >= 0.3 is 11.9 Å². The van der Waals surface area contributed by atoms with Gasteiger partial charge in [0.15, 0.2) is 12.4 Å². The summed E-state index contributed by atoms with van der Waals surface area (Å²) in [5, 5.41) is 40.0. The number of rotatable bonds is 34. The van der Waals surface area contributed by atoms with Crippen LogP contribution in [0, 0.1) is 0 Å². The highest BCUT2D eigenvalue weighted by Gasteiger charge is 2.44. The molecule has 0 aromatic heterocycles. The minimum Gasteiger partial charge on any atom is -0.462 e. The predicted molar refractivity (Wildman–Crippen MR) is 219 cm³/mol. The molecule has 1 aliphatic rings. The molecule has 0 spiro atoms. The van der Waals surface area contributed by atoms with E-state index in [1.165, 1.54) is 25.7 Å². The normalized spacial score (nSPS) is 21.2. The highest BCUT2D eigenvalue weighted by Crippen LogP contribution is 2.22. The summed E-state index contributed by atoms with van der Waals surface area (Å²) in [5.74, 6) is -0.840. The molecular weight excluding hydrogens is 700 g/mol. The third kappa shape index (κ3) is 27.6. The number of allylic oxidation sites excluding steroid dienone is 10. The first-order valence-corrected chi connectivity index (χ1v) is 21.4. The minimum atomic E-state index is -1.60. The summed E-state index contributed by atoms with van der Waals surface area (Å²) >= 11 is 0. The van der Waals surface area contributed by atoms with Crippen molar-refractivity contribution in [1.82, 2.24) is 0 Å². The zero-order chi connectivity index (χ0) is 40.2. The van der Waals surface area contributed by atoms with Crippen LogP contribution in [-0.2, 0) is 28.5 Å². The number of unbranched alkanes of at least 4 members (excludes halogenated alkanes) is 13. The molecule has 4 N–H and O–H groups in total. The first-order valence-electron chi connectivity index (χ1n) is 21.4. The van der Waals surface area contributed by atoms with Gasteiger partial charge in [0.1, 0.15) is 31.0 Å². The van der Waals surface area contributed by atoms with E-state index in [-0.39, 0.29) is 26.1 Å². The Kier molecular flexibility index (Phi) is 32.8. The molecule has 0 saturated carbocycles. The summed E-state index contributed by atoms with van der Waals surface area (Å²) in [7, 11) is 0. The maximum absolute atomic E-state index is 12.8. The molecule has 1 rings (SSSR count). The Morgan fingerprint density at radius 2 is 1.07 bits per heavy atom. The van der Waals surface area contributed by atoms with Gasteiger partial charge in [0.05, 0.1) is 13.2 Å². The number of aliphatic hydroxyl groups excluding tert-OH is 4. The minimum absolute atomic E-state index is 0.213. The molecule has 0 radical (unpaired) electrons. The molecule has 0 amide bonds. The van der Waals surface area contributed by atoms with Gasteiger partial charge in [-0.25, -0.2) is 0 Å². The van der Waals surface area contributed by atoms with Gasteiger partial charge in [-0.2, -0.15) is 0 Å². The first kappa shape index (κ1) is 50.4. The van der Waals surface area contributed by atoms with Gasteiger partial charge in [0, 0.05) is 12.8 Å². The second kappa shape index (κ2) is 35.8. The topological polar surface area (TPSA) is 152 Å². The summed E-state index contributed by atoms with van der Waals surface area (Å²) in [6.45, 7) is 3.20. The SMILES string of the molecule is CC/C=C\C/C=C\C/C=C\CCCCCCCCCC(=O)OC(COC(=O)CCCCCCC/C=C\C/C=C\CCC)COC1OC(CO)C(O)C(O)C1O. The van der Waals surface area contributed by atoms with Crippen LogP contribution in [0.5, 0.6) is 0 Å². The second-order valence-corrected chi connectivity index (χ2v) is 14.4. The summed E-state index contributed by atoms with van der Waals surface area (Å²) in [5.41, 5.74) is 0. The summed E-state index contributed by atoms with van der Waals surface area (Å²) in [6, 6.07) is 0. The Hall–Kier alpha value is -2.60. The van der Waals surface area contributed by atoms with Gasteiger partial charge < -0.3 is 39.4 Å². The van der Waals surface area contributed by atoms with Crippen LogP contribution in [0.15, 0.2) is 60.8 Å². The van der Waals surface area contributed by atoms with Crippen LogP contribution in [0.1, 0.15) is 155 Å². The number of ether oxygens (including phenoxy) is 4. The highest BCUT2D eigenvalue weighted by molar-refractivity contribution is 5.70. The third-order valence-electron chi connectivity index (χ3n) is 9.37. The van der Waals surface area contributed by atoms with Gasteiger partial charge in [-0.05, 0) is 70.6 Å². The number of carbonyl (C=O) groups excluding carboxylic acids is 2. The van der Waals surface area contributed by atoms with Crippen LogP contribution in [0.4, 0.5) is 0 Å². The van der Waals surface area contributed by atoms with Crippen molar-refractivity contribution in [3.63, 3.8) is 0 Å². The lowest BCUT2D eigenvalue weighted by atomic mass is 9.99. The molecule has 316 valence electrons. The number of esters is 2. The van der Waals surface area contributed by atoms with E-state index in [1.807, 2.05) is 0 Å². The number of hydrogen-bond acceptors (Lipinski definition) is 10. The molecule has 10 nitrogen and oxygen atoms in total. The Morgan fingerprint density at radius 3 is 1.62 bits per heavy atom. The van der Waals surface area contributed by atoms with Crippen LogP contribution in [0.3, 0.4) is 0 Å².